The first-order valence-electron chi connectivity index (χ1n) is 7.20. The molecule has 1 aliphatic rings. The van der Waals surface area contributed by atoms with Gasteiger partial charge in [0, 0.05) is 14.8 Å². The lowest BCUT2D eigenvalue weighted by Crippen LogP contribution is -2.12. The highest BCUT2D eigenvalue weighted by atomic mass is 35.5. The molecular weight excluding hydrogens is 286 g/mol. The molecule has 1 heterocycles. The zero-order chi connectivity index (χ0) is 14.3. The number of thiophene rings is 1. The first kappa shape index (κ1) is 14.1. The molecule has 2 aromatic rings. The largest absolute Gasteiger partial charge is 0.320 e. The fourth-order valence-corrected chi connectivity index (χ4v) is 4.45. The molecule has 1 aliphatic carbocycles. The molecular formula is C17H20ClNS. The van der Waals surface area contributed by atoms with Crippen molar-refractivity contribution in [2.75, 3.05) is 0 Å². The van der Waals surface area contributed by atoms with Crippen LogP contribution in [0.4, 0.5) is 0 Å². The van der Waals surface area contributed by atoms with Crippen molar-refractivity contribution < 1.29 is 0 Å². The van der Waals surface area contributed by atoms with Gasteiger partial charge in [-0.15, -0.1) is 11.3 Å². The van der Waals surface area contributed by atoms with Crippen molar-refractivity contribution >= 4 is 22.9 Å². The number of halogens is 1. The topological polar surface area (TPSA) is 26.0 Å². The third-order valence-electron chi connectivity index (χ3n) is 4.20. The van der Waals surface area contributed by atoms with Crippen molar-refractivity contribution in [2.24, 2.45) is 5.73 Å². The lowest BCUT2D eigenvalue weighted by molar-refractivity contribution is 0.696. The van der Waals surface area contributed by atoms with Gasteiger partial charge in [-0.2, -0.15) is 0 Å². The van der Waals surface area contributed by atoms with Crippen molar-refractivity contribution in [3.8, 4) is 0 Å². The predicted octanol–water partition coefficient (Wildman–Crippen LogP) is 4.95. The third kappa shape index (κ3) is 2.52. The van der Waals surface area contributed by atoms with Crippen molar-refractivity contribution in [3.05, 3.63) is 55.2 Å². The molecule has 1 aromatic heterocycles. The summed E-state index contributed by atoms with van der Waals surface area (Å²) < 4.78 is 0. The third-order valence-corrected chi connectivity index (χ3v) is 5.93. The number of hydrogen-bond acceptors (Lipinski definition) is 2. The Bertz CT molecular complexity index is 621. The van der Waals surface area contributed by atoms with Crippen molar-refractivity contribution in [3.63, 3.8) is 0 Å². The first-order valence-corrected chi connectivity index (χ1v) is 8.39. The summed E-state index contributed by atoms with van der Waals surface area (Å²) >= 11 is 8.08. The van der Waals surface area contributed by atoms with Gasteiger partial charge in [0.05, 0.1) is 6.04 Å². The van der Waals surface area contributed by atoms with Crippen LogP contribution in [-0.4, -0.2) is 0 Å². The summed E-state index contributed by atoms with van der Waals surface area (Å²) in [7, 11) is 0. The monoisotopic (exact) mass is 305 g/mol. The van der Waals surface area contributed by atoms with E-state index in [0.29, 0.717) is 0 Å². The van der Waals surface area contributed by atoms with Gasteiger partial charge in [0.15, 0.2) is 0 Å². The van der Waals surface area contributed by atoms with Crippen LogP contribution in [0.1, 0.15) is 50.9 Å². The van der Waals surface area contributed by atoms with Gasteiger partial charge in [0.1, 0.15) is 0 Å². The summed E-state index contributed by atoms with van der Waals surface area (Å²) in [4.78, 5) is 2.84. The zero-order valence-electron chi connectivity index (χ0n) is 12.0. The number of aryl methyl sites for hydroxylation is 4. The van der Waals surface area contributed by atoms with Crippen molar-refractivity contribution in [2.45, 2.75) is 45.6 Å². The minimum atomic E-state index is -0.0263. The highest BCUT2D eigenvalue weighted by Gasteiger charge is 2.19. The molecule has 2 N–H and O–H groups in total. The van der Waals surface area contributed by atoms with Crippen LogP contribution in [0.2, 0.25) is 5.02 Å². The predicted molar refractivity (Wildman–Crippen MR) is 87.9 cm³/mol. The van der Waals surface area contributed by atoms with Crippen LogP contribution in [0.15, 0.2) is 18.2 Å². The van der Waals surface area contributed by atoms with Gasteiger partial charge in [-0.05, 0) is 73.9 Å². The van der Waals surface area contributed by atoms with Gasteiger partial charge in [-0.3, -0.25) is 0 Å². The number of hydrogen-bond donors (Lipinski definition) is 1. The number of fused-ring (bicyclic) bond motifs is 1. The molecule has 1 nitrogen and oxygen atoms in total. The number of nitrogens with two attached hydrogens (primary N) is 1. The molecule has 0 aliphatic heterocycles. The lowest BCUT2D eigenvalue weighted by Gasteiger charge is -2.15. The number of benzene rings is 1. The van der Waals surface area contributed by atoms with E-state index in [0.717, 1.165) is 10.6 Å². The Morgan fingerprint density at radius 2 is 1.85 bits per heavy atom. The van der Waals surface area contributed by atoms with E-state index in [2.05, 4.69) is 19.1 Å². The van der Waals surface area contributed by atoms with E-state index in [-0.39, 0.29) is 6.04 Å². The van der Waals surface area contributed by atoms with E-state index in [1.165, 1.54) is 47.3 Å². The molecule has 0 fully saturated rings. The van der Waals surface area contributed by atoms with Crippen molar-refractivity contribution in [1.82, 2.24) is 0 Å². The summed E-state index contributed by atoms with van der Waals surface area (Å²) in [6.07, 6.45) is 5.08. The van der Waals surface area contributed by atoms with Crippen molar-refractivity contribution in [1.29, 1.82) is 0 Å². The molecule has 0 saturated carbocycles. The Morgan fingerprint density at radius 1 is 1.10 bits per heavy atom. The Balaban J connectivity index is 1.98. The maximum absolute atomic E-state index is 6.52. The van der Waals surface area contributed by atoms with Gasteiger partial charge in [-0.1, -0.05) is 17.7 Å². The van der Waals surface area contributed by atoms with E-state index in [4.69, 9.17) is 17.3 Å². The second-order valence-corrected chi connectivity index (χ2v) is 7.32. The minimum Gasteiger partial charge on any atom is -0.320 e. The Labute approximate surface area is 129 Å². The van der Waals surface area contributed by atoms with E-state index in [9.17, 15) is 0 Å². The summed E-state index contributed by atoms with van der Waals surface area (Å²) in [5, 5.41) is 0.823. The summed E-state index contributed by atoms with van der Waals surface area (Å²) in [5.74, 6) is 0. The number of rotatable bonds is 2. The SMILES string of the molecule is Cc1cc(C(N)c2cc3c(s2)CCCC3)c(C)cc1Cl. The van der Waals surface area contributed by atoms with Crippen LogP contribution in [-0.2, 0) is 12.8 Å². The minimum absolute atomic E-state index is 0.0263. The molecule has 1 atom stereocenters. The Morgan fingerprint density at radius 3 is 2.60 bits per heavy atom. The van der Waals surface area contributed by atoms with E-state index >= 15 is 0 Å². The van der Waals surface area contributed by atoms with Crippen LogP contribution in [0.25, 0.3) is 0 Å². The smallest absolute Gasteiger partial charge is 0.0648 e. The molecule has 3 rings (SSSR count). The van der Waals surface area contributed by atoms with Crippen LogP contribution >= 0.6 is 22.9 Å². The molecule has 1 aromatic carbocycles. The summed E-state index contributed by atoms with van der Waals surface area (Å²) in [6.45, 7) is 4.13. The average molecular weight is 306 g/mol. The van der Waals surface area contributed by atoms with Crippen LogP contribution in [0.3, 0.4) is 0 Å². The van der Waals surface area contributed by atoms with Gasteiger partial charge >= 0.3 is 0 Å². The fourth-order valence-electron chi connectivity index (χ4n) is 2.96. The second-order valence-electron chi connectivity index (χ2n) is 5.74. The average Bonchev–Trinajstić information content (AvgIpc) is 2.86. The molecule has 106 valence electrons. The highest BCUT2D eigenvalue weighted by Crippen LogP contribution is 2.36. The van der Waals surface area contributed by atoms with Crippen LogP contribution < -0.4 is 5.73 Å². The maximum atomic E-state index is 6.52. The molecule has 0 amide bonds. The Kier molecular flexibility index (Phi) is 3.89. The standard InChI is InChI=1S/C17H20ClNS/c1-10-8-14(18)11(2)7-13(10)17(19)16-9-12-5-3-4-6-15(12)20-16/h7-9,17H,3-6,19H2,1-2H3. The van der Waals surface area contributed by atoms with E-state index in [1.807, 2.05) is 24.3 Å². The van der Waals surface area contributed by atoms with E-state index in [1.54, 1.807) is 4.88 Å². The van der Waals surface area contributed by atoms with Crippen LogP contribution in [0, 0.1) is 13.8 Å². The molecule has 3 heteroatoms. The summed E-state index contributed by atoms with van der Waals surface area (Å²) in [6, 6.07) is 6.47. The van der Waals surface area contributed by atoms with Crippen LogP contribution in [0.5, 0.6) is 0 Å². The molecule has 20 heavy (non-hydrogen) atoms. The first-order chi connectivity index (χ1) is 9.56. The highest BCUT2D eigenvalue weighted by molar-refractivity contribution is 7.12. The normalized spacial score (nSPS) is 16.0. The maximum Gasteiger partial charge on any atom is 0.0648 e. The molecule has 0 saturated heterocycles. The molecule has 1 unspecified atom stereocenters. The fraction of sp³-hybridized carbons (Fsp3) is 0.412. The Hall–Kier alpha value is -0.830. The second kappa shape index (κ2) is 5.51. The zero-order valence-corrected chi connectivity index (χ0v) is 13.6. The molecule has 0 spiro atoms. The lowest BCUT2D eigenvalue weighted by atomic mass is 9.96. The van der Waals surface area contributed by atoms with Gasteiger partial charge < -0.3 is 5.73 Å². The van der Waals surface area contributed by atoms with Gasteiger partial charge in [0.25, 0.3) is 0 Å². The molecule has 0 radical (unpaired) electrons. The quantitative estimate of drug-likeness (QED) is 0.835. The molecule has 0 bridgehead atoms. The van der Waals surface area contributed by atoms with Gasteiger partial charge in [0.2, 0.25) is 0 Å². The summed E-state index contributed by atoms with van der Waals surface area (Å²) in [5.41, 5.74) is 11.5. The van der Waals surface area contributed by atoms with Gasteiger partial charge in [-0.25, -0.2) is 0 Å². The van der Waals surface area contributed by atoms with E-state index < -0.39 is 0 Å².